The van der Waals surface area contributed by atoms with Crippen molar-refractivity contribution in [2.45, 2.75) is 58.2 Å². The summed E-state index contributed by atoms with van der Waals surface area (Å²) < 4.78 is 6.95. The molecule has 0 aliphatic heterocycles. The number of aromatic nitrogens is 3. The fraction of sp³-hybridized carbons (Fsp3) is 0.423. The number of carbonyl (C=O) groups is 1. The molecule has 1 amide bonds. The van der Waals surface area contributed by atoms with Gasteiger partial charge >= 0.3 is 0 Å². The molecule has 3 aromatic rings. The van der Waals surface area contributed by atoms with E-state index in [1.165, 1.54) is 37.7 Å². The summed E-state index contributed by atoms with van der Waals surface area (Å²) in [4.78, 5) is 15.4. The van der Waals surface area contributed by atoms with Crippen LogP contribution in [0.15, 0.2) is 48.5 Å². The van der Waals surface area contributed by atoms with Crippen LogP contribution in [-0.2, 0) is 13.1 Å². The second kappa shape index (κ2) is 10.6. The Kier molecular flexibility index (Phi) is 7.40. The number of hydrogen-bond acceptors (Lipinski definition) is 5. The number of benzene rings is 2. The molecular weight excluding hydrogens is 414 g/mol. The van der Waals surface area contributed by atoms with Crippen LogP contribution in [0.2, 0.25) is 0 Å². The van der Waals surface area contributed by atoms with Crippen LogP contribution in [0, 0.1) is 6.92 Å². The van der Waals surface area contributed by atoms with E-state index in [2.05, 4.69) is 45.8 Å². The maximum Gasteiger partial charge on any atom is 0.274 e. The van der Waals surface area contributed by atoms with Gasteiger partial charge in [0.2, 0.25) is 0 Å². The molecule has 174 valence electrons. The molecule has 1 aliphatic carbocycles. The van der Waals surface area contributed by atoms with Crippen molar-refractivity contribution >= 4 is 5.91 Å². The molecule has 33 heavy (non-hydrogen) atoms. The maximum absolute atomic E-state index is 12.9. The van der Waals surface area contributed by atoms with Gasteiger partial charge in [-0.3, -0.25) is 9.69 Å². The number of ether oxygens (including phenoxy) is 1. The van der Waals surface area contributed by atoms with Crippen LogP contribution in [0.3, 0.4) is 0 Å². The zero-order valence-corrected chi connectivity index (χ0v) is 19.8. The number of methoxy groups -OCH3 is 1. The molecule has 0 radical (unpaired) electrons. The summed E-state index contributed by atoms with van der Waals surface area (Å²) in [5, 5.41) is 11.4. The lowest BCUT2D eigenvalue weighted by Gasteiger charge is -2.31. The first-order valence-electron chi connectivity index (χ1n) is 11.7. The average Bonchev–Trinajstić information content (AvgIpc) is 3.25. The Balaban J connectivity index is 1.43. The van der Waals surface area contributed by atoms with Crippen molar-refractivity contribution in [2.24, 2.45) is 0 Å². The molecule has 7 heteroatoms. The molecule has 0 bridgehead atoms. The standard InChI is InChI=1S/C26H33N5O2/c1-19-25(28-29-31(19)23-14-9-15-24(16-23)33-3)26(32)27-17-20-10-7-8-11-21(20)18-30(2)22-12-5-4-6-13-22/h7-11,14-16,22H,4-6,12-13,17-18H2,1-3H3,(H,27,32). The number of nitrogens with zero attached hydrogens (tertiary/aromatic N) is 4. The highest BCUT2D eigenvalue weighted by Crippen LogP contribution is 2.24. The van der Waals surface area contributed by atoms with Crippen LogP contribution in [0.25, 0.3) is 5.69 Å². The number of rotatable bonds is 8. The van der Waals surface area contributed by atoms with Gasteiger partial charge in [0.1, 0.15) is 5.75 Å². The Morgan fingerprint density at radius 3 is 2.64 bits per heavy atom. The molecule has 2 aromatic carbocycles. The van der Waals surface area contributed by atoms with Gasteiger partial charge in [-0.25, -0.2) is 4.68 Å². The lowest BCUT2D eigenvalue weighted by atomic mass is 9.94. The fourth-order valence-electron chi connectivity index (χ4n) is 4.59. The van der Waals surface area contributed by atoms with Crippen molar-refractivity contribution < 1.29 is 9.53 Å². The topological polar surface area (TPSA) is 72.3 Å². The van der Waals surface area contributed by atoms with Crippen molar-refractivity contribution in [3.63, 3.8) is 0 Å². The largest absolute Gasteiger partial charge is 0.497 e. The quantitative estimate of drug-likeness (QED) is 0.558. The fourth-order valence-corrected chi connectivity index (χ4v) is 4.59. The first-order chi connectivity index (χ1) is 16.1. The lowest BCUT2D eigenvalue weighted by molar-refractivity contribution is 0.0945. The van der Waals surface area contributed by atoms with E-state index in [1.807, 2.05) is 37.3 Å². The lowest BCUT2D eigenvalue weighted by Crippen LogP contribution is -2.33. The minimum absolute atomic E-state index is 0.225. The van der Waals surface area contributed by atoms with Gasteiger partial charge in [0, 0.05) is 25.2 Å². The third-order valence-electron chi connectivity index (χ3n) is 6.58. The SMILES string of the molecule is COc1cccc(-n2nnc(C(=O)NCc3ccccc3CN(C)C3CCCCC3)c2C)c1. The second-order valence-electron chi connectivity index (χ2n) is 8.80. The summed E-state index contributed by atoms with van der Waals surface area (Å²) in [6.45, 7) is 3.20. The van der Waals surface area contributed by atoms with Gasteiger partial charge in [-0.15, -0.1) is 5.10 Å². The first kappa shape index (κ1) is 23.0. The van der Waals surface area contributed by atoms with Gasteiger partial charge in [-0.2, -0.15) is 0 Å². The second-order valence-corrected chi connectivity index (χ2v) is 8.80. The van der Waals surface area contributed by atoms with E-state index in [0.717, 1.165) is 23.5 Å². The molecule has 0 spiro atoms. The third kappa shape index (κ3) is 5.42. The first-order valence-corrected chi connectivity index (χ1v) is 11.7. The van der Waals surface area contributed by atoms with Crippen molar-refractivity contribution in [1.29, 1.82) is 0 Å². The van der Waals surface area contributed by atoms with Crippen molar-refractivity contribution in [2.75, 3.05) is 14.2 Å². The Morgan fingerprint density at radius 2 is 1.88 bits per heavy atom. The van der Waals surface area contributed by atoms with Crippen LogP contribution in [0.4, 0.5) is 0 Å². The molecule has 1 fully saturated rings. The van der Waals surface area contributed by atoms with Crippen LogP contribution in [0.1, 0.15) is 59.4 Å². The molecule has 0 unspecified atom stereocenters. The van der Waals surface area contributed by atoms with Crippen LogP contribution in [0.5, 0.6) is 5.75 Å². The number of hydrogen-bond donors (Lipinski definition) is 1. The van der Waals surface area contributed by atoms with Gasteiger partial charge in [0.25, 0.3) is 5.91 Å². The Labute approximate surface area is 195 Å². The number of nitrogens with one attached hydrogen (secondary N) is 1. The Bertz CT molecular complexity index is 1090. The molecule has 0 atom stereocenters. The summed E-state index contributed by atoms with van der Waals surface area (Å²) in [7, 11) is 3.84. The summed E-state index contributed by atoms with van der Waals surface area (Å²) in [6.07, 6.45) is 6.55. The van der Waals surface area contributed by atoms with Crippen molar-refractivity contribution in [3.8, 4) is 11.4 Å². The normalized spacial score (nSPS) is 14.4. The van der Waals surface area contributed by atoms with Gasteiger partial charge in [-0.1, -0.05) is 54.8 Å². The van der Waals surface area contributed by atoms with E-state index in [1.54, 1.807) is 11.8 Å². The minimum Gasteiger partial charge on any atom is -0.497 e. The molecule has 1 heterocycles. The summed E-state index contributed by atoms with van der Waals surface area (Å²) in [5.74, 6) is 0.500. The van der Waals surface area contributed by atoms with E-state index >= 15 is 0 Å². The zero-order chi connectivity index (χ0) is 23.2. The number of carbonyl (C=O) groups excluding carboxylic acids is 1. The Hall–Kier alpha value is -3.19. The molecule has 0 saturated heterocycles. The van der Waals surface area contributed by atoms with Crippen LogP contribution in [-0.4, -0.2) is 46.0 Å². The summed E-state index contributed by atoms with van der Waals surface area (Å²) in [5.41, 5.74) is 4.20. The van der Waals surface area contributed by atoms with E-state index in [4.69, 9.17) is 4.74 Å². The smallest absolute Gasteiger partial charge is 0.274 e. The van der Waals surface area contributed by atoms with Crippen molar-refractivity contribution in [1.82, 2.24) is 25.2 Å². The minimum atomic E-state index is -0.225. The van der Waals surface area contributed by atoms with Crippen LogP contribution < -0.4 is 10.1 Å². The van der Waals surface area contributed by atoms with E-state index in [0.29, 0.717) is 24.0 Å². The third-order valence-corrected chi connectivity index (χ3v) is 6.58. The summed E-state index contributed by atoms with van der Waals surface area (Å²) in [6, 6.07) is 16.5. The molecule has 1 N–H and O–H groups in total. The van der Waals surface area contributed by atoms with Gasteiger partial charge in [0.15, 0.2) is 5.69 Å². The Morgan fingerprint density at radius 1 is 1.12 bits per heavy atom. The van der Waals surface area contributed by atoms with E-state index in [-0.39, 0.29) is 5.91 Å². The molecular formula is C26H33N5O2. The predicted octanol–water partition coefficient (Wildman–Crippen LogP) is 4.28. The molecule has 1 aromatic heterocycles. The van der Waals surface area contributed by atoms with Gasteiger partial charge < -0.3 is 10.1 Å². The molecule has 1 aliphatic rings. The zero-order valence-electron chi connectivity index (χ0n) is 19.8. The molecule has 1 saturated carbocycles. The monoisotopic (exact) mass is 447 g/mol. The average molecular weight is 448 g/mol. The van der Waals surface area contributed by atoms with Gasteiger partial charge in [-0.05, 0) is 50.1 Å². The van der Waals surface area contributed by atoms with E-state index in [9.17, 15) is 4.79 Å². The summed E-state index contributed by atoms with van der Waals surface area (Å²) >= 11 is 0. The molecule has 4 rings (SSSR count). The van der Waals surface area contributed by atoms with E-state index < -0.39 is 0 Å². The highest BCUT2D eigenvalue weighted by Gasteiger charge is 2.20. The van der Waals surface area contributed by atoms with Crippen LogP contribution >= 0.6 is 0 Å². The van der Waals surface area contributed by atoms with Gasteiger partial charge in [0.05, 0.1) is 18.5 Å². The highest BCUT2D eigenvalue weighted by atomic mass is 16.5. The number of amides is 1. The van der Waals surface area contributed by atoms with Crippen molar-refractivity contribution in [3.05, 3.63) is 71.0 Å². The molecule has 7 nitrogen and oxygen atoms in total. The highest BCUT2D eigenvalue weighted by molar-refractivity contribution is 5.93. The maximum atomic E-state index is 12.9. The predicted molar refractivity (Wildman–Crippen MR) is 129 cm³/mol.